The van der Waals surface area contributed by atoms with E-state index < -0.39 is 0 Å². The van der Waals surface area contributed by atoms with Crippen LogP contribution in [0.25, 0.3) is 0 Å². The van der Waals surface area contributed by atoms with Gasteiger partial charge in [-0.25, -0.2) is 0 Å². The Balaban J connectivity index is 2.35. The van der Waals surface area contributed by atoms with E-state index in [1.807, 2.05) is 18.2 Å². The molecule has 0 amide bonds. The Hall–Kier alpha value is -1.35. The fourth-order valence-corrected chi connectivity index (χ4v) is 1.37. The standard InChI is InChI=1S/C15H24N2O/c1-5-6-7-10-18-14-9-8-13(16-12-14)11-17-15(2,3)4/h5,8-9,12,17H,1,6-7,10-11H2,2-4H3. The lowest BCUT2D eigenvalue weighted by Gasteiger charge is -2.20. The Bertz CT molecular complexity index is 352. The van der Waals surface area contributed by atoms with Gasteiger partial charge < -0.3 is 10.1 Å². The van der Waals surface area contributed by atoms with E-state index in [-0.39, 0.29) is 5.54 Å². The second kappa shape index (κ2) is 7.17. The van der Waals surface area contributed by atoms with Crippen LogP contribution in [0.4, 0.5) is 0 Å². The van der Waals surface area contributed by atoms with E-state index in [0.29, 0.717) is 6.61 Å². The summed E-state index contributed by atoms with van der Waals surface area (Å²) in [5, 5.41) is 3.40. The molecule has 0 aromatic carbocycles. The lowest BCUT2D eigenvalue weighted by Crippen LogP contribution is -2.35. The highest BCUT2D eigenvalue weighted by Gasteiger charge is 2.08. The van der Waals surface area contributed by atoms with Crippen molar-refractivity contribution in [1.82, 2.24) is 10.3 Å². The van der Waals surface area contributed by atoms with Crippen molar-refractivity contribution in [2.45, 2.75) is 45.7 Å². The van der Waals surface area contributed by atoms with Gasteiger partial charge in [0.05, 0.1) is 18.5 Å². The van der Waals surface area contributed by atoms with Gasteiger partial charge in [-0.1, -0.05) is 6.08 Å². The van der Waals surface area contributed by atoms with Crippen LogP contribution < -0.4 is 10.1 Å². The molecular formula is C15H24N2O. The fourth-order valence-electron chi connectivity index (χ4n) is 1.37. The molecule has 1 rings (SSSR count). The normalized spacial score (nSPS) is 11.3. The average molecular weight is 248 g/mol. The lowest BCUT2D eigenvalue weighted by molar-refractivity contribution is 0.310. The van der Waals surface area contributed by atoms with E-state index in [1.165, 1.54) is 0 Å². The average Bonchev–Trinajstić information content (AvgIpc) is 2.33. The smallest absolute Gasteiger partial charge is 0.137 e. The molecule has 3 heteroatoms. The Labute approximate surface area is 110 Å². The van der Waals surface area contributed by atoms with Crippen molar-refractivity contribution in [3.8, 4) is 5.75 Å². The lowest BCUT2D eigenvalue weighted by atomic mass is 10.1. The molecule has 0 saturated carbocycles. The van der Waals surface area contributed by atoms with Crippen LogP contribution in [0.15, 0.2) is 31.0 Å². The van der Waals surface area contributed by atoms with Crippen LogP contribution in [0.5, 0.6) is 5.75 Å². The quantitative estimate of drug-likeness (QED) is 0.594. The Kier molecular flexibility index (Phi) is 5.86. The minimum Gasteiger partial charge on any atom is -0.492 e. The monoisotopic (exact) mass is 248 g/mol. The van der Waals surface area contributed by atoms with Gasteiger partial charge in [0, 0.05) is 12.1 Å². The van der Waals surface area contributed by atoms with Gasteiger partial charge in [-0.05, 0) is 45.7 Å². The minimum atomic E-state index is 0.113. The summed E-state index contributed by atoms with van der Waals surface area (Å²) in [4.78, 5) is 4.37. The van der Waals surface area contributed by atoms with Gasteiger partial charge in [-0.15, -0.1) is 6.58 Å². The predicted octanol–water partition coefficient (Wildman–Crippen LogP) is 3.31. The molecule has 1 aromatic rings. The zero-order valence-electron chi connectivity index (χ0n) is 11.7. The summed E-state index contributed by atoms with van der Waals surface area (Å²) in [5.74, 6) is 0.832. The third-order valence-electron chi connectivity index (χ3n) is 2.42. The summed E-state index contributed by atoms with van der Waals surface area (Å²) in [6.07, 6.45) is 5.67. The molecule has 100 valence electrons. The van der Waals surface area contributed by atoms with Crippen LogP contribution in [-0.4, -0.2) is 17.1 Å². The van der Waals surface area contributed by atoms with E-state index in [0.717, 1.165) is 30.8 Å². The zero-order valence-corrected chi connectivity index (χ0v) is 11.7. The number of pyridine rings is 1. The number of rotatable bonds is 7. The third kappa shape index (κ3) is 6.40. The highest BCUT2D eigenvalue weighted by atomic mass is 16.5. The summed E-state index contributed by atoms with van der Waals surface area (Å²) in [6, 6.07) is 3.97. The second-order valence-corrected chi connectivity index (χ2v) is 5.37. The van der Waals surface area contributed by atoms with Crippen molar-refractivity contribution in [1.29, 1.82) is 0 Å². The molecule has 0 unspecified atom stereocenters. The Morgan fingerprint density at radius 3 is 2.72 bits per heavy atom. The molecule has 0 spiro atoms. The molecule has 0 atom stereocenters. The van der Waals surface area contributed by atoms with Crippen molar-refractivity contribution in [2.24, 2.45) is 0 Å². The number of ether oxygens (including phenoxy) is 1. The first kappa shape index (κ1) is 14.7. The maximum absolute atomic E-state index is 5.58. The molecule has 18 heavy (non-hydrogen) atoms. The predicted molar refractivity (Wildman–Crippen MR) is 75.8 cm³/mol. The molecule has 0 saturated heterocycles. The van der Waals surface area contributed by atoms with Crippen molar-refractivity contribution in [2.75, 3.05) is 6.61 Å². The topological polar surface area (TPSA) is 34.1 Å². The van der Waals surface area contributed by atoms with Crippen molar-refractivity contribution in [3.05, 3.63) is 36.7 Å². The van der Waals surface area contributed by atoms with Crippen LogP contribution >= 0.6 is 0 Å². The van der Waals surface area contributed by atoms with Crippen LogP contribution in [-0.2, 0) is 6.54 Å². The summed E-state index contributed by atoms with van der Waals surface area (Å²) in [5.41, 5.74) is 1.14. The van der Waals surface area contributed by atoms with Crippen molar-refractivity contribution < 1.29 is 4.74 Å². The molecule has 1 aromatic heterocycles. The molecule has 0 aliphatic heterocycles. The second-order valence-electron chi connectivity index (χ2n) is 5.37. The first-order valence-corrected chi connectivity index (χ1v) is 6.45. The van der Waals surface area contributed by atoms with Gasteiger partial charge in [-0.3, -0.25) is 4.98 Å². The van der Waals surface area contributed by atoms with Crippen LogP contribution in [0, 0.1) is 0 Å². The maximum Gasteiger partial charge on any atom is 0.137 e. The largest absolute Gasteiger partial charge is 0.492 e. The molecule has 0 radical (unpaired) electrons. The van der Waals surface area contributed by atoms with E-state index in [1.54, 1.807) is 6.20 Å². The van der Waals surface area contributed by atoms with Crippen LogP contribution in [0.2, 0.25) is 0 Å². The van der Waals surface area contributed by atoms with Gasteiger partial charge in [0.2, 0.25) is 0 Å². The number of hydrogen-bond donors (Lipinski definition) is 1. The molecule has 0 aliphatic rings. The van der Waals surface area contributed by atoms with Gasteiger partial charge in [0.15, 0.2) is 0 Å². The number of nitrogens with zero attached hydrogens (tertiary/aromatic N) is 1. The van der Waals surface area contributed by atoms with Gasteiger partial charge in [0.1, 0.15) is 5.75 Å². The van der Waals surface area contributed by atoms with Crippen molar-refractivity contribution in [3.63, 3.8) is 0 Å². The van der Waals surface area contributed by atoms with E-state index in [2.05, 4.69) is 37.7 Å². The molecule has 1 N–H and O–H groups in total. The number of unbranched alkanes of at least 4 members (excludes halogenated alkanes) is 1. The van der Waals surface area contributed by atoms with E-state index in [4.69, 9.17) is 4.74 Å². The zero-order chi connectivity index (χ0) is 13.4. The highest BCUT2D eigenvalue weighted by molar-refractivity contribution is 5.19. The Morgan fingerprint density at radius 1 is 1.39 bits per heavy atom. The molecule has 0 bridgehead atoms. The van der Waals surface area contributed by atoms with E-state index in [9.17, 15) is 0 Å². The number of aromatic nitrogens is 1. The number of nitrogens with one attached hydrogen (secondary N) is 1. The fraction of sp³-hybridized carbons (Fsp3) is 0.533. The summed E-state index contributed by atoms with van der Waals surface area (Å²) >= 11 is 0. The molecule has 3 nitrogen and oxygen atoms in total. The van der Waals surface area contributed by atoms with Crippen LogP contribution in [0.1, 0.15) is 39.3 Å². The molecule has 0 aliphatic carbocycles. The molecule has 1 heterocycles. The highest BCUT2D eigenvalue weighted by Crippen LogP contribution is 2.10. The van der Waals surface area contributed by atoms with Gasteiger partial charge in [-0.2, -0.15) is 0 Å². The summed E-state index contributed by atoms with van der Waals surface area (Å²) < 4.78 is 5.58. The molecule has 0 fully saturated rings. The van der Waals surface area contributed by atoms with Crippen molar-refractivity contribution >= 4 is 0 Å². The van der Waals surface area contributed by atoms with Gasteiger partial charge in [0.25, 0.3) is 0 Å². The summed E-state index contributed by atoms with van der Waals surface area (Å²) in [6.45, 7) is 11.6. The van der Waals surface area contributed by atoms with Gasteiger partial charge >= 0.3 is 0 Å². The minimum absolute atomic E-state index is 0.113. The summed E-state index contributed by atoms with van der Waals surface area (Å²) in [7, 11) is 0. The SMILES string of the molecule is C=CCCCOc1ccc(CNC(C)(C)C)nc1. The molecular weight excluding hydrogens is 224 g/mol. The number of allylic oxidation sites excluding steroid dienone is 1. The Morgan fingerprint density at radius 2 is 2.17 bits per heavy atom. The third-order valence-corrected chi connectivity index (χ3v) is 2.42. The first-order chi connectivity index (χ1) is 8.51. The van der Waals surface area contributed by atoms with Crippen LogP contribution in [0.3, 0.4) is 0 Å². The number of hydrogen-bond acceptors (Lipinski definition) is 3. The van der Waals surface area contributed by atoms with E-state index >= 15 is 0 Å². The first-order valence-electron chi connectivity index (χ1n) is 6.45. The maximum atomic E-state index is 5.58.